The van der Waals surface area contributed by atoms with E-state index in [9.17, 15) is 0 Å². The number of hydrogen-bond donors (Lipinski definition) is 1. The van der Waals surface area contributed by atoms with Crippen LogP contribution in [0.15, 0.2) is 28.7 Å². The molecule has 1 heterocycles. The molecule has 2 rings (SSSR count). The van der Waals surface area contributed by atoms with Crippen LogP contribution in [-0.2, 0) is 0 Å². The summed E-state index contributed by atoms with van der Waals surface area (Å²) in [5.74, 6) is 0. The molecular formula is C14H21BrN2O. The van der Waals surface area contributed by atoms with Gasteiger partial charge < -0.3 is 5.11 Å². The van der Waals surface area contributed by atoms with E-state index in [1.54, 1.807) is 0 Å². The van der Waals surface area contributed by atoms with E-state index in [0.717, 1.165) is 37.2 Å². The summed E-state index contributed by atoms with van der Waals surface area (Å²) in [6, 6.07) is 9.06. The van der Waals surface area contributed by atoms with Crippen LogP contribution in [0.2, 0.25) is 0 Å². The van der Waals surface area contributed by atoms with Gasteiger partial charge in [-0.1, -0.05) is 28.1 Å². The Hall–Kier alpha value is -0.420. The van der Waals surface area contributed by atoms with Crippen molar-refractivity contribution in [2.24, 2.45) is 0 Å². The van der Waals surface area contributed by atoms with Gasteiger partial charge >= 0.3 is 0 Å². The van der Waals surface area contributed by atoms with Crippen LogP contribution < -0.4 is 0 Å². The van der Waals surface area contributed by atoms with Crippen molar-refractivity contribution < 1.29 is 5.11 Å². The monoisotopic (exact) mass is 312 g/mol. The maximum absolute atomic E-state index is 8.94. The van der Waals surface area contributed by atoms with Crippen LogP contribution in [0.1, 0.15) is 18.5 Å². The molecule has 1 aliphatic rings. The SMILES string of the molecule is C[C@H](c1ccc(Br)cc1)N1CCN(CCO)CC1. The van der Waals surface area contributed by atoms with Gasteiger partial charge in [-0.05, 0) is 24.6 Å². The van der Waals surface area contributed by atoms with Crippen LogP contribution in [0.5, 0.6) is 0 Å². The topological polar surface area (TPSA) is 26.7 Å². The molecule has 0 amide bonds. The van der Waals surface area contributed by atoms with Gasteiger partial charge in [0.2, 0.25) is 0 Å². The molecule has 0 radical (unpaired) electrons. The number of benzene rings is 1. The zero-order valence-electron chi connectivity index (χ0n) is 10.8. The Morgan fingerprint density at radius 3 is 2.33 bits per heavy atom. The summed E-state index contributed by atoms with van der Waals surface area (Å²) in [5, 5.41) is 8.94. The summed E-state index contributed by atoms with van der Waals surface area (Å²) in [7, 11) is 0. The summed E-state index contributed by atoms with van der Waals surface area (Å²) >= 11 is 3.47. The Labute approximate surface area is 118 Å². The standard InChI is InChI=1S/C14H21BrN2O/c1-12(13-2-4-14(15)5-3-13)17-8-6-16(7-9-17)10-11-18/h2-5,12,18H,6-11H2,1H3/t12-/m1/s1. The number of piperazine rings is 1. The predicted molar refractivity (Wildman–Crippen MR) is 77.7 cm³/mol. The number of halogens is 1. The molecule has 100 valence electrons. The van der Waals surface area contributed by atoms with Crippen LogP contribution in [0, 0.1) is 0 Å². The van der Waals surface area contributed by atoms with E-state index in [0.29, 0.717) is 6.04 Å². The highest BCUT2D eigenvalue weighted by molar-refractivity contribution is 9.10. The number of aliphatic hydroxyl groups excluding tert-OH is 1. The number of hydrogen-bond acceptors (Lipinski definition) is 3. The van der Waals surface area contributed by atoms with E-state index in [4.69, 9.17) is 5.11 Å². The van der Waals surface area contributed by atoms with Crippen molar-refractivity contribution in [3.05, 3.63) is 34.3 Å². The van der Waals surface area contributed by atoms with Crippen molar-refractivity contribution in [3.63, 3.8) is 0 Å². The third kappa shape index (κ3) is 3.54. The fraction of sp³-hybridized carbons (Fsp3) is 0.571. The van der Waals surface area contributed by atoms with Crippen LogP contribution >= 0.6 is 15.9 Å². The van der Waals surface area contributed by atoms with Gasteiger partial charge in [0.15, 0.2) is 0 Å². The van der Waals surface area contributed by atoms with Gasteiger partial charge in [-0.25, -0.2) is 0 Å². The van der Waals surface area contributed by atoms with Crippen molar-refractivity contribution >= 4 is 15.9 Å². The molecule has 0 aliphatic carbocycles. The third-order valence-electron chi connectivity index (χ3n) is 3.72. The third-order valence-corrected chi connectivity index (χ3v) is 4.25. The molecule has 0 saturated carbocycles. The molecule has 1 aromatic rings. The van der Waals surface area contributed by atoms with Gasteiger partial charge in [0.25, 0.3) is 0 Å². The number of nitrogens with zero attached hydrogens (tertiary/aromatic N) is 2. The maximum Gasteiger partial charge on any atom is 0.0558 e. The molecule has 4 heteroatoms. The second-order valence-electron chi connectivity index (χ2n) is 4.83. The second kappa shape index (κ2) is 6.66. The lowest BCUT2D eigenvalue weighted by molar-refractivity contribution is 0.0888. The molecule has 1 fully saturated rings. The van der Waals surface area contributed by atoms with Crippen molar-refractivity contribution in [3.8, 4) is 0 Å². The van der Waals surface area contributed by atoms with Crippen LogP contribution in [0.25, 0.3) is 0 Å². The largest absolute Gasteiger partial charge is 0.395 e. The molecule has 18 heavy (non-hydrogen) atoms. The molecule has 1 aromatic carbocycles. The Morgan fingerprint density at radius 1 is 1.17 bits per heavy atom. The number of rotatable bonds is 4. The average molecular weight is 313 g/mol. The van der Waals surface area contributed by atoms with Gasteiger partial charge in [-0.3, -0.25) is 9.80 Å². The van der Waals surface area contributed by atoms with Crippen LogP contribution in [0.3, 0.4) is 0 Å². The first kappa shape index (κ1) is 14.0. The highest BCUT2D eigenvalue weighted by Crippen LogP contribution is 2.23. The Balaban J connectivity index is 1.91. The lowest BCUT2D eigenvalue weighted by Crippen LogP contribution is -2.47. The molecule has 1 N–H and O–H groups in total. The van der Waals surface area contributed by atoms with E-state index < -0.39 is 0 Å². The van der Waals surface area contributed by atoms with Crippen LogP contribution in [-0.4, -0.2) is 54.2 Å². The molecule has 0 unspecified atom stereocenters. The molecule has 0 aromatic heterocycles. The van der Waals surface area contributed by atoms with E-state index in [1.807, 2.05) is 0 Å². The second-order valence-corrected chi connectivity index (χ2v) is 5.74. The molecule has 1 saturated heterocycles. The van der Waals surface area contributed by atoms with Gasteiger partial charge in [-0.2, -0.15) is 0 Å². The normalized spacial score (nSPS) is 19.9. The molecule has 0 bridgehead atoms. The Bertz CT molecular complexity index is 361. The molecule has 1 atom stereocenters. The van der Waals surface area contributed by atoms with E-state index >= 15 is 0 Å². The fourth-order valence-electron chi connectivity index (χ4n) is 2.47. The van der Waals surface area contributed by atoms with Crippen molar-refractivity contribution in [2.45, 2.75) is 13.0 Å². The van der Waals surface area contributed by atoms with Crippen LogP contribution in [0.4, 0.5) is 0 Å². The minimum Gasteiger partial charge on any atom is -0.395 e. The van der Waals surface area contributed by atoms with E-state index in [-0.39, 0.29) is 6.61 Å². The molecule has 3 nitrogen and oxygen atoms in total. The lowest BCUT2D eigenvalue weighted by Gasteiger charge is -2.38. The summed E-state index contributed by atoms with van der Waals surface area (Å²) in [6.07, 6.45) is 0. The summed E-state index contributed by atoms with van der Waals surface area (Å²) in [6.45, 7) is 7.62. The fourth-order valence-corrected chi connectivity index (χ4v) is 2.73. The predicted octanol–water partition coefficient (Wildman–Crippen LogP) is 2.12. The molecule has 1 aliphatic heterocycles. The number of aliphatic hydroxyl groups is 1. The van der Waals surface area contributed by atoms with Gasteiger partial charge in [0.05, 0.1) is 6.61 Å². The van der Waals surface area contributed by atoms with Crippen molar-refractivity contribution in [1.82, 2.24) is 9.80 Å². The van der Waals surface area contributed by atoms with E-state index in [1.165, 1.54) is 5.56 Å². The highest BCUT2D eigenvalue weighted by Gasteiger charge is 2.21. The summed E-state index contributed by atoms with van der Waals surface area (Å²) in [4.78, 5) is 4.84. The Kier molecular flexibility index (Phi) is 5.18. The lowest BCUT2D eigenvalue weighted by atomic mass is 10.1. The zero-order chi connectivity index (χ0) is 13.0. The number of β-amino-alcohol motifs (C(OH)–C–C–N with tert-alkyl or cyclic N) is 1. The smallest absolute Gasteiger partial charge is 0.0558 e. The quantitative estimate of drug-likeness (QED) is 0.922. The average Bonchev–Trinajstić information content (AvgIpc) is 2.40. The van der Waals surface area contributed by atoms with Gasteiger partial charge in [0.1, 0.15) is 0 Å². The first-order chi connectivity index (χ1) is 8.70. The van der Waals surface area contributed by atoms with Gasteiger partial charge in [0, 0.05) is 43.2 Å². The zero-order valence-corrected chi connectivity index (χ0v) is 12.4. The van der Waals surface area contributed by atoms with Crippen molar-refractivity contribution in [1.29, 1.82) is 0 Å². The summed E-state index contributed by atoms with van der Waals surface area (Å²) < 4.78 is 1.13. The minimum absolute atomic E-state index is 0.266. The highest BCUT2D eigenvalue weighted by atomic mass is 79.9. The molecule has 0 spiro atoms. The van der Waals surface area contributed by atoms with E-state index in [2.05, 4.69) is 56.9 Å². The first-order valence-electron chi connectivity index (χ1n) is 6.53. The van der Waals surface area contributed by atoms with Gasteiger partial charge in [-0.15, -0.1) is 0 Å². The minimum atomic E-state index is 0.266. The first-order valence-corrected chi connectivity index (χ1v) is 7.32. The maximum atomic E-state index is 8.94. The van der Waals surface area contributed by atoms with Crippen molar-refractivity contribution in [2.75, 3.05) is 39.3 Å². The molecular weight excluding hydrogens is 292 g/mol. The Morgan fingerprint density at radius 2 is 1.78 bits per heavy atom. The summed E-state index contributed by atoms with van der Waals surface area (Å²) in [5.41, 5.74) is 1.37.